The molecular formula is C13H14N2O3S. The standard InChI is InChI=1S/C13H14N2O3S/c1-9-14-13(18-15-9)10-5-7-12(8-6-10)19(16,17)11-3-2-4-11/h5-8,11H,2-4H2,1H3. The molecule has 0 bridgehead atoms. The summed E-state index contributed by atoms with van der Waals surface area (Å²) in [6, 6.07) is 6.64. The highest BCUT2D eigenvalue weighted by molar-refractivity contribution is 7.92. The SMILES string of the molecule is Cc1noc(-c2ccc(S(=O)(=O)C3CCC3)cc2)n1. The van der Waals surface area contributed by atoms with Gasteiger partial charge in [0, 0.05) is 5.56 Å². The third kappa shape index (κ3) is 2.16. The molecule has 0 unspecified atom stereocenters. The summed E-state index contributed by atoms with van der Waals surface area (Å²) in [6.07, 6.45) is 2.54. The average Bonchev–Trinajstić information content (AvgIpc) is 2.73. The fraction of sp³-hybridized carbons (Fsp3) is 0.385. The van der Waals surface area contributed by atoms with Crippen LogP contribution in [0.3, 0.4) is 0 Å². The van der Waals surface area contributed by atoms with Crippen molar-refractivity contribution < 1.29 is 12.9 Å². The van der Waals surface area contributed by atoms with E-state index in [0.29, 0.717) is 16.6 Å². The zero-order valence-electron chi connectivity index (χ0n) is 10.5. The lowest BCUT2D eigenvalue weighted by molar-refractivity contribution is 0.425. The molecule has 0 aliphatic heterocycles. The van der Waals surface area contributed by atoms with E-state index in [1.54, 1.807) is 31.2 Å². The van der Waals surface area contributed by atoms with Crippen LogP contribution in [-0.2, 0) is 9.84 Å². The van der Waals surface area contributed by atoms with Gasteiger partial charge in [0.1, 0.15) is 0 Å². The first-order valence-electron chi connectivity index (χ1n) is 6.22. The van der Waals surface area contributed by atoms with Gasteiger partial charge in [0.15, 0.2) is 15.7 Å². The molecule has 0 saturated heterocycles. The maximum atomic E-state index is 12.2. The van der Waals surface area contributed by atoms with Crippen molar-refractivity contribution in [1.82, 2.24) is 10.1 Å². The smallest absolute Gasteiger partial charge is 0.257 e. The van der Waals surface area contributed by atoms with E-state index in [9.17, 15) is 8.42 Å². The molecule has 2 aromatic rings. The van der Waals surface area contributed by atoms with Crippen molar-refractivity contribution in [2.75, 3.05) is 0 Å². The van der Waals surface area contributed by atoms with Crippen molar-refractivity contribution in [2.24, 2.45) is 0 Å². The van der Waals surface area contributed by atoms with Crippen LogP contribution in [0.2, 0.25) is 0 Å². The highest BCUT2D eigenvalue weighted by Crippen LogP contribution is 2.31. The minimum absolute atomic E-state index is 0.205. The molecule has 1 aliphatic rings. The monoisotopic (exact) mass is 278 g/mol. The van der Waals surface area contributed by atoms with Gasteiger partial charge in [-0.1, -0.05) is 11.6 Å². The van der Waals surface area contributed by atoms with Crippen LogP contribution in [-0.4, -0.2) is 23.8 Å². The number of benzene rings is 1. The van der Waals surface area contributed by atoms with Crippen LogP contribution >= 0.6 is 0 Å². The molecule has 0 radical (unpaired) electrons. The average molecular weight is 278 g/mol. The molecule has 1 aliphatic carbocycles. The van der Waals surface area contributed by atoms with Crippen molar-refractivity contribution in [1.29, 1.82) is 0 Å². The molecular weight excluding hydrogens is 264 g/mol. The predicted octanol–water partition coefficient (Wildman–Crippen LogP) is 2.37. The fourth-order valence-electron chi connectivity index (χ4n) is 2.08. The van der Waals surface area contributed by atoms with Gasteiger partial charge in [0.05, 0.1) is 10.1 Å². The molecule has 1 fully saturated rings. The molecule has 5 nitrogen and oxygen atoms in total. The van der Waals surface area contributed by atoms with Gasteiger partial charge >= 0.3 is 0 Å². The largest absolute Gasteiger partial charge is 0.334 e. The molecule has 0 amide bonds. The van der Waals surface area contributed by atoms with Crippen molar-refractivity contribution in [2.45, 2.75) is 36.3 Å². The molecule has 0 atom stereocenters. The zero-order valence-corrected chi connectivity index (χ0v) is 11.4. The Morgan fingerprint density at radius 3 is 2.37 bits per heavy atom. The van der Waals surface area contributed by atoms with E-state index in [2.05, 4.69) is 10.1 Å². The molecule has 0 spiro atoms. The number of nitrogens with zero attached hydrogens (tertiary/aromatic N) is 2. The highest BCUT2D eigenvalue weighted by Gasteiger charge is 2.32. The van der Waals surface area contributed by atoms with Crippen molar-refractivity contribution in [3.05, 3.63) is 30.1 Å². The van der Waals surface area contributed by atoms with Crippen LogP contribution in [0.15, 0.2) is 33.7 Å². The molecule has 1 aromatic carbocycles. The molecule has 6 heteroatoms. The number of sulfone groups is 1. The van der Waals surface area contributed by atoms with E-state index >= 15 is 0 Å². The Morgan fingerprint density at radius 2 is 1.89 bits per heavy atom. The third-order valence-corrected chi connectivity index (χ3v) is 5.73. The van der Waals surface area contributed by atoms with E-state index < -0.39 is 9.84 Å². The molecule has 3 rings (SSSR count). The topological polar surface area (TPSA) is 73.1 Å². The van der Waals surface area contributed by atoms with E-state index in [-0.39, 0.29) is 5.25 Å². The van der Waals surface area contributed by atoms with Crippen molar-refractivity contribution in [3.63, 3.8) is 0 Å². The third-order valence-electron chi connectivity index (χ3n) is 3.45. The van der Waals surface area contributed by atoms with Crippen LogP contribution in [0, 0.1) is 6.92 Å². The second-order valence-corrected chi connectivity index (χ2v) is 7.00. The lowest BCUT2D eigenvalue weighted by Gasteiger charge is -2.25. The molecule has 100 valence electrons. The van der Waals surface area contributed by atoms with Gasteiger partial charge in [0.2, 0.25) is 0 Å². The summed E-state index contributed by atoms with van der Waals surface area (Å²) in [4.78, 5) is 4.48. The van der Waals surface area contributed by atoms with Crippen LogP contribution in [0.25, 0.3) is 11.5 Å². The van der Waals surface area contributed by atoms with Crippen LogP contribution < -0.4 is 0 Å². The number of hydrogen-bond acceptors (Lipinski definition) is 5. The predicted molar refractivity (Wildman–Crippen MR) is 69.3 cm³/mol. The van der Waals surface area contributed by atoms with Gasteiger partial charge in [-0.3, -0.25) is 0 Å². The van der Waals surface area contributed by atoms with Gasteiger partial charge in [-0.05, 0) is 44.0 Å². The Morgan fingerprint density at radius 1 is 1.21 bits per heavy atom. The number of rotatable bonds is 3. The zero-order chi connectivity index (χ0) is 13.5. The summed E-state index contributed by atoms with van der Waals surface area (Å²) >= 11 is 0. The summed E-state index contributed by atoms with van der Waals surface area (Å²) in [5.74, 6) is 0.964. The summed E-state index contributed by atoms with van der Waals surface area (Å²) in [7, 11) is -3.16. The normalized spacial score (nSPS) is 16.3. The molecule has 19 heavy (non-hydrogen) atoms. The first-order valence-corrected chi connectivity index (χ1v) is 7.76. The molecule has 0 N–H and O–H groups in total. The fourth-order valence-corrected chi connectivity index (χ4v) is 3.93. The molecule has 1 heterocycles. The minimum Gasteiger partial charge on any atom is -0.334 e. The van der Waals surface area contributed by atoms with Crippen LogP contribution in [0.1, 0.15) is 25.1 Å². The van der Waals surface area contributed by atoms with E-state index in [4.69, 9.17) is 4.52 Å². The summed E-state index contributed by atoms with van der Waals surface area (Å²) < 4.78 is 29.5. The quantitative estimate of drug-likeness (QED) is 0.861. The van der Waals surface area contributed by atoms with Gasteiger partial charge in [-0.2, -0.15) is 4.98 Å². The highest BCUT2D eigenvalue weighted by atomic mass is 32.2. The number of hydrogen-bond donors (Lipinski definition) is 0. The Bertz CT molecular complexity index is 685. The Kier molecular flexibility index (Phi) is 2.89. The molecule has 1 saturated carbocycles. The maximum Gasteiger partial charge on any atom is 0.257 e. The van der Waals surface area contributed by atoms with Crippen LogP contribution in [0.5, 0.6) is 0 Å². The van der Waals surface area contributed by atoms with Gasteiger partial charge in [-0.15, -0.1) is 0 Å². The second kappa shape index (κ2) is 4.45. The summed E-state index contributed by atoms with van der Waals surface area (Å²) in [5.41, 5.74) is 0.730. The Balaban J connectivity index is 1.90. The van der Waals surface area contributed by atoms with E-state index in [1.807, 2.05) is 0 Å². The number of aryl methyl sites for hydroxylation is 1. The van der Waals surface area contributed by atoms with Gasteiger partial charge < -0.3 is 4.52 Å². The summed E-state index contributed by atoms with van der Waals surface area (Å²) in [6.45, 7) is 1.74. The summed E-state index contributed by atoms with van der Waals surface area (Å²) in [5, 5.41) is 3.51. The maximum absolute atomic E-state index is 12.2. The number of aromatic nitrogens is 2. The van der Waals surface area contributed by atoms with Crippen molar-refractivity contribution >= 4 is 9.84 Å². The molecule has 1 aromatic heterocycles. The second-order valence-electron chi connectivity index (χ2n) is 4.77. The van der Waals surface area contributed by atoms with E-state index in [1.165, 1.54) is 0 Å². The van der Waals surface area contributed by atoms with Gasteiger partial charge in [-0.25, -0.2) is 8.42 Å². The lowest BCUT2D eigenvalue weighted by Crippen LogP contribution is -2.28. The Labute approximate surface area is 111 Å². The first kappa shape index (κ1) is 12.3. The van der Waals surface area contributed by atoms with Gasteiger partial charge in [0.25, 0.3) is 5.89 Å². The first-order chi connectivity index (χ1) is 9.07. The lowest BCUT2D eigenvalue weighted by atomic mass is 10.00. The van der Waals surface area contributed by atoms with E-state index in [0.717, 1.165) is 24.8 Å². The van der Waals surface area contributed by atoms with Crippen molar-refractivity contribution in [3.8, 4) is 11.5 Å². The minimum atomic E-state index is -3.16. The van der Waals surface area contributed by atoms with Crippen LogP contribution in [0.4, 0.5) is 0 Å². The Hall–Kier alpha value is -1.69.